The molecule has 0 aliphatic heterocycles. The zero-order valence-electron chi connectivity index (χ0n) is 51.6. The van der Waals surface area contributed by atoms with Gasteiger partial charge in [0.05, 0.1) is 6.61 Å². The Morgan fingerprint density at radius 2 is 0.544 bits per heavy atom. The minimum atomic E-state index is -0.786. The summed E-state index contributed by atoms with van der Waals surface area (Å²) in [6, 6.07) is 0. The average molecular weight is 1090 g/mol. The van der Waals surface area contributed by atoms with Crippen LogP contribution in [-0.2, 0) is 19.1 Å². The molecule has 1 unspecified atom stereocenters. The SMILES string of the molecule is CC/C=C\C/C=C\C/C=C\C/C=C\C/C=C\C/C=C\C/C=C\C/C=C\C/C=C\C/C=C\C/C=C\CCCCCCCCCC(=O)OC(CO)COC(=O)CCCCCCCCCCCCCCCCCCCCCCCCCC. The highest BCUT2D eigenvalue weighted by atomic mass is 16.6. The lowest BCUT2D eigenvalue weighted by Gasteiger charge is -2.15. The van der Waals surface area contributed by atoms with Crippen molar-refractivity contribution in [2.45, 2.75) is 309 Å². The zero-order chi connectivity index (χ0) is 56.9. The number of ether oxygens (including phenoxy) is 2. The Balaban J connectivity index is 3.58. The zero-order valence-corrected chi connectivity index (χ0v) is 51.6. The molecular weight excluding hydrogens is 969 g/mol. The Bertz CT molecular complexity index is 1620. The van der Waals surface area contributed by atoms with Gasteiger partial charge in [-0.3, -0.25) is 9.59 Å². The van der Waals surface area contributed by atoms with Gasteiger partial charge in [-0.25, -0.2) is 0 Å². The lowest BCUT2D eigenvalue weighted by atomic mass is 10.0. The van der Waals surface area contributed by atoms with Gasteiger partial charge in [-0.2, -0.15) is 0 Å². The molecule has 0 aliphatic carbocycles. The van der Waals surface area contributed by atoms with Crippen LogP contribution in [0.5, 0.6) is 0 Å². The third-order valence-electron chi connectivity index (χ3n) is 14.2. The molecule has 0 bridgehead atoms. The number of hydrogen-bond acceptors (Lipinski definition) is 5. The average Bonchev–Trinajstić information content (AvgIpc) is 3.45. The van der Waals surface area contributed by atoms with Gasteiger partial charge >= 0.3 is 11.9 Å². The van der Waals surface area contributed by atoms with Gasteiger partial charge in [0, 0.05) is 12.8 Å². The van der Waals surface area contributed by atoms with Crippen molar-refractivity contribution < 1.29 is 24.2 Å². The second-order valence-corrected chi connectivity index (χ2v) is 21.8. The summed E-state index contributed by atoms with van der Waals surface area (Å²) in [6.45, 7) is 4.04. The molecule has 5 heteroatoms. The maximum absolute atomic E-state index is 12.3. The van der Waals surface area contributed by atoms with Crippen molar-refractivity contribution >= 4 is 11.9 Å². The predicted octanol–water partition coefficient (Wildman–Crippen LogP) is 23.1. The summed E-state index contributed by atoms with van der Waals surface area (Å²) in [4.78, 5) is 24.6. The molecule has 450 valence electrons. The van der Waals surface area contributed by atoms with E-state index in [0.717, 1.165) is 116 Å². The van der Waals surface area contributed by atoms with Gasteiger partial charge in [0.15, 0.2) is 6.10 Å². The van der Waals surface area contributed by atoms with Crippen molar-refractivity contribution in [2.24, 2.45) is 0 Å². The van der Waals surface area contributed by atoms with Crippen molar-refractivity contribution in [3.63, 3.8) is 0 Å². The van der Waals surface area contributed by atoms with E-state index in [0.29, 0.717) is 12.8 Å². The van der Waals surface area contributed by atoms with Gasteiger partial charge < -0.3 is 14.6 Å². The van der Waals surface area contributed by atoms with Crippen LogP contribution in [0.15, 0.2) is 134 Å². The molecule has 0 amide bonds. The second kappa shape index (κ2) is 68.3. The molecule has 0 heterocycles. The first-order valence-electron chi connectivity index (χ1n) is 33.2. The highest BCUT2D eigenvalue weighted by Gasteiger charge is 2.16. The van der Waals surface area contributed by atoms with Crippen molar-refractivity contribution in [3.05, 3.63) is 134 Å². The lowest BCUT2D eigenvalue weighted by Crippen LogP contribution is -2.28. The molecule has 0 radical (unpaired) electrons. The first-order valence-corrected chi connectivity index (χ1v) is 33.2. The summed E-state index contributed by atoms with van der Waals surface area (Å²) >= 11 is 0. The monoisotopic (exact) mass is 1090 g/mol. The van der Waals surface area contributed by atoms with Crippen molar-refractivity contribution in [2.75, 3.05) is 13.2 Å². The summed E-state index contributed by atoms with van der Waals surface area (Å²) in [6.07, 6.45) is 102. The van der Waals surface area contributed by atoms with Gasteiger partial charge in [-0.1, -0.05) is 327 Å². The molecule has 0 rings (SSSR count). The number of carbonyl (C=O) groups excluding carboxylic acids is 2. The Morgan fingerprint density at radius 1 is 0.304 bits per heavy atom. The minimum Gasteiger partial charge on any atom is -0.462 e. The normalized spacial score (nSPS) is 13.1. The van der Waals surface area contributed by atoms with Crippen LogP contribution in [0.3, 0.4) is 0 Å². The number of aliphatic hydroxyl groups excluding tert-OH is 1. The molecule has 0 saturated heterocycles. The quantitative estimate of drug-likeness (QED) is 0.0373. The van der Waals surface area contributed by atoms with Crippen LogP contribution in [0.2, 0.25) is 0 Å². The van der Waals surface area contributed by atoms with Crippen LogP contribution in [0.4, 0.5) is 0 Å². The van der Waals surface area contributed by atoms with Crippen LogP contribution in [0, 0.1) is 0 Å². The van der Waals surface area contributed by atoms with Crippen LogP contribution in [0.25, 0.3) is 0 Å². The Labute approximate surface area is 489 Å². The molecule has 0 saturated carbocycles. The molecule has 0 aromatic heterocycles. The van der Waals surface area contributed by atoms with E-state index in [1.807, 2.05) is 0 Å². The minimum absolute atomic E-state index is 0.0736. The maximum Gasteiger partial charge on any atom is 0.306 e. The van der Waals surface area contributed by atoms with Crippen LogP contribution >= 0.6 is 0 Å². The fourth-order valence-corrected chi connectivity index (χ4v) is 9.27. The van der Waals surface area contributed by atoms with E-state index < -0.39 is 6.10 Å². The van der Waals surface area contributed by atoms with Crippen molar-refractivity contribution in [1.82, 2.24) is 0 Å². The fraction of sp³-hybridized carbons (Fsp3) is 0.676. The summed E-state index contributed by atoms with van der Waals surface area (Å²) in [5, 5.41) is 9.68. The molecule has 1 atom stereocenters. The molecule has 0 fully saturated rings. The lowest BCUT2D eigenvalue weighted by molar-refractivity contribution is -0.161. The largest absolute Gasteiger partial charge is 0.462 e. The maximum atomic E-state index is 12.3. The highest BCUT2D eigenvalue weighted by molar-refractivity contribution is 5.70. The Hall–Kier alpha value is -3.96. The van der Waals surface area contributed by atoms with Gasteiger partial charge in [-0.15, -0.1) is 0 Å². The molecule has 0 spiro atoms. The van der Waals surface area contributed by atoms with E-state index in [2.05, 4.69) is 148 Å². The van der Waals surface area contributed by atoms with Gasteiger partial charge in [-0.05, 0) is 96.3 Å². The summed E-state index contributed by atoms with van der Waals surface area (Å²) in [5.74, 6) is -0.599. The van der Waals surface area contributed by atoms with Gasteiger partial charge in [0.2, 0.25) is 0 Å². The van der Waals surface area contributed by atoms with Gasteiger partial charge in [0.25, 0.3) is 0 Å². The fourth-order valence-electron chi connectivity index (χ4n) is 9.27. The topological polar surface area (TPSA) is 72.8 Å². The number of esters is 2. The number of carbonyl (C=O) groups is 2. The van der Waals surface area contributed by atoms with E-state index in [-0.39, 0.29) is 25.2 Å². The standard InChI is InChI=1S/C74H124O5/c1-3-5-7-9-11-13-15-17-19-21-23-25-27-29-30-31-32-33-34-35-36-37-38-39-40-41-42-43-44-45-47-49-51-53-55-57-59-61-63-65-67-69-74(77)79-72(70-75)71-78-73(76)68-66-64-62-60-58-56-54-52-50-48-46-28-26-24-22-20-18-16-14-12-10-8-6-4-2/h5,7,11,13,17,19,23,25,29-30,32-33,35-36,38-39,41-42,44-45,49,51,72,75H,3-4,6,8-10,12,14-16,18,20-22,24,26-28,31,34,37,40,43,46-48,50,52-71H2,1-2H3/b7-5-,13-11-,19-17-,25-23-,30-29-,33-32-,36-35-,39-38-,42-41-,45-44-,51-49-. The number of allylic oxidation sites excluding steroid dienone is 22. The summed E-state index contributed by atoms with van der Waals surface area (Å²) < 4.78 is 10.7. The van der Waals surface area contributed by atoms with Crippen molar-refractivity contribution in [3.8, 4) is 0 Å². The van der Waals surface area contributed by atoms with E-state index >= 15 is 0 Å². The Morgan fingerprint density at radius 3 is 0.823 bits per heavy atom. The summed E-state index contributed by atoms with van der Waals surface area (Å²) in [7, 11) is 0. The third kappa shape index (κ3) is 66.5. The summed E-state index contributed by atoms with van der Waals surface area (Å²) in [5.41, 5.74) is 0. The molecule has 79 heavy (non-hydrogen) atoms. The van der Waals surface area contributed by atoms with E-state index in [4.69, 9.17) is 9.47 Å². The molecule has 0 aliphatic rings. The molecule has 5 nitrogen and oxygen atoms in total. The number of unbranched alkanes of at least 4 members (excludes halogenated alkanes) is 30. The van der Waals surface area contributed by atoms with E-state index in [9.17, 15) is 14.7 Å². The van der Waals surface area contributed by atoms with Crippen LogP contribution in [0.1, 0.15) is 303 Å². The molecule has 1 N–H and O–H groups in total. The van der Waals surface area contributed by atoms with Gasteiger partial charge in [0.1, 0.15) is 6.61 Å². The number of aliphatic hydroxyl groups is 1. The van der Waals surface area contributed by atoms with E-state index in [1.54, 1.807) is 0 Å². The molecular formula is C74H124O5. The van der Waals surface area contributed by atoms with E-state index in [1.165, 1.54) is 161 Å². The highest BCUT2D eigenvalue weighted by Crippen LogP contribution is 2.17. The van der Waals surface area contributed by atoms with Crippen LogP contribution in [-0.4, -0.2) is 36.4 Å². The van der Waals surface area contributed by atoms with Crippen molar-refractivity contribution in [1.29, 1.82) is 0 Å². The predicted molar refractivity (Wildman–Crippen MR) is 348 cm³/mol. The first kappa shape index (κ1) is 75.0. The van der Waals surface area contributed by atoms with Crippen LogP contribution < -0.4 is 0 Å². The molecule has 0 aromatic carbocycles. The third-order valence-corrected chi connectivity index (χ3v) is 14.2. The second-order valence-electron chi connectivity index (χ2n) is 21.8. The first-order chi connectivity index (χ1) is 39.1. The molecule has 0 aromatic rings. The Kier molecular flexibility index (Phi) is 64.9. The number of rotatable bonds is 60. The number of hydrogen-bond donors (Lipinski definition) is 1. The smallest absolute Gasteiger partial charge is 0.306 e.